The van der Waals surface area contributed by atoms with E-state index < -0.39 is 12.4 Å². The van der Waals surface area contributed by atoms with Crippen LogP contribution in [0, 0.1) is 5.92 Å². The summed E-state index contributed by atoms with van der Waals surface area (Å²) < 4.78 is 20.8. The van der Waals surface area contributed by atoms with Crippen LogP contribution in [-0.2, 0) is 9.47 Å². The minimum atomic E-state index is -0.776. The molecule has 31 heavy (non-hydrogen) atoms. The highest BCUT2D eigenvalue weighted by Crippen LogP contribution is 2.25. The molecule has 1 aliphatic heterocycles. The molecule has 0 N–H and O–H groups in total. The van der Waals surface area contributed by atoms with Gasteiger partial charge in [0.2, 0.25) is 6.29 Å². The van der Waals surface area contributed by atoms with Crippen molar-refractivity contribution in [1.82, 2.24) is 9.97 Å². The van der Waals surface area contributed by atoms with Gasteiger partial charge in [0, 0.05) is 18.0 Å². The van der Waals surface area contributed by atoms with Crippen LogP contribution in [0.25, 0.3) is 11.1 Å². The molecule has 1 fully saturated rings. The van der Waals surface area contributed by atoms with Crippen LogP contribution in [-0.4, -0.2) is 35.1 Å². The summed E-state index contributed by atoms with van der Waals surface area (Å²) in [6, 6.07) is 7.44. The number of hydrogen-bond donors (Lipinski definition) is 0. The van der Waals surface area contributed by atoms with Gasteiger partial charge in [0.25, 0.3) is 0 Å². The molecule has 0 amide bonds. The van der Waals surface area contributed by atoms with E-state index in [1.807, 2.05) is 19.1 Å². The van der Waals surface area contributed by atoms with Crippen molar-refractivity contribution in [3.05, 3.63) is 36.7 Å². The number of aromatic nitrogens is 2. The largest absolute Gasteiger partial charge is 0.516 e. The SMILES string of the molecule is CC[C@H](C)CCCCCCOc1ncc(-c2ccc(OC(=O)O[C@H]3O[C@@H]3C)cc2)cn1. The number of benzene rings is 1. The van der Waals surface area contributed by atoms with Crippen molar-refractivity contribution < 1.29 is 23.7 Å². The highest BCUT2D eigenvalue weighted by atomic mass is 16.8. The first-order chi connectivity index (χ1) is 15.0. The molecule has 168 valence electrons. The summed E-state index contributed by atoms with van der Waals surface area (Å²) in [5.74, 6) is 1.22. The first-order valence-corrected chi connectivity index (χ1v) is 11.1. The van der Waals surface area contributed by atoms with Gasteiger partial charge in [0.05, 0.1) is 6.61 Å². The van der Waals surface area contributed by atoms with Crippen LogP contribution in [0.2, 0.25) is 0 Å². The fourth-order valence-electron chi connectivity index (χ4n) is 3.08. The first kappa shape index (κ1) is 23.0. The second kappa shape index (κ2) is 11.6. The zero-order valence-electron chi connectivity index (χ0n) is 18.6. The number of rotatable bonds is 12. The number of hydrogen-bond acceptors (Lipinski definition) is 7. The normalized spacial score (nSPS) is 18.3. The van der Waals surface area contributed by atoms with Crippen LogP contribution < -0.4 is 9.47 Å². The minimum Gasteiger partial charge on any atom is -0.463 e. The monoisotopic (exact) mass is 428 g/mol. The fraction of sp³-hybridized carbons (Fsp3) is 0.542. The Bertz CT molecular complexity index is 810. The van der Waals surface area contributed by atoms with Gasteiger partial charge in [-0.1, -0.05) is 58.1 Å². The number of nitrogens with zero attached hydrogens (tertiary/aromatic N) is 2. The van der Waals surface area contributed by atoms with Gasteiger partial charge >= 0.3 is 12.2 Å². The second-order valence-corrected chi connectivity index (χ2v) is 8.02. The lowest BCUT2D eigenvalue weighted by Crippen LogP contribution is -2.13. The Hall–Kier alpha value is -2.67. The van der Waals surface area contributed by atoms with Gasteiger partial charge in [-0.2, -0.15) is 0 Å². The van der Waals surface area contributed by atoms with E-state index in [-0.39, 0.29) is 6.10 Å². The van der Waals surface area contributed by atoms with Crippen molar-refractivity contribution in [3.8, 4) is 22.9 Å². The third-order valence-electron chi connectivity index (χ3n) is 5.40. The Morgan fingerprint density at radius 3 is 2.39 bits per heavy atom. The molecular formula is C24H32N2O5. The lowest BCUT2D eigenvalue weighted by atomic mass is 10.0. The molecule has 0 unspecified atom stereocenters. The number of carbonyl (C=O) groups is 1. The topological polar surface area (TPSA) is 83.1 Å². The average Bonchev–Trinajstić information content (AvgIpc) is 3.47. The van der Waals surface area contributed by atoms with Crippen molar-refractivity contribution in [2.45, 2.75) is 71.7 Å². The molecular weight excluding hydrogens is 396 g/mol. The van der Waals surface area contributed by atoms with E-state index in [4.69, 9.17) is 18.9 Å². The van der Waals surface area contributed by atoms with E-state index in [0.29, 0.717) is 18.4 Å². The van der Waals surface area contributed by atoms with Gasteiger partial charge in [0.15, 0.2) is 0 Å². The number of ether oxygens (including phenoxy) is 4. The standard InChI is InChI=1S/C24H32N2O5/c1-4-17(2)9-7-5-6-8-14-28-23-25-15-20(16-26-23)19-10-12-21(13-11-19)30-24(27)31-22-18(3)29-22/h10-13,15-18,22H,4-9,14H2,1-3H3/t17-,18+,22+/m0/s1. The highest BCUT2D eigenvalue weighted by Gasteiger charge is 2.39. The Labute approximate surface area is 184 Å². The van der Waals surface area contributed by atoms with Crippen molar-refractivity contribution in [2.24, 2.45) is 5.92 Å². The number of carbonyl (C=O) groups excluding carboxylic acids is 1. The molecule has 7 nitrogen and oxygen atoms in total. The summed E-state index contributed by atoms with van der Waals surface area (Å²) in [4.78, 5) is 20.2. The summed E-state index contributed by atoms with van der Waals surface area (Å²) in [6.07, 6.45) is 9.41. The second-order valence-electron chi connectivity index (χ2n) is 8.02. The molecule has 1 aromatic carbocycles. The molecule has 0 radical (unpaired) electrons. The Morgan fingerprint density at radius 1 is 1.06 bits per heavy atom. The maximum Gasteiger partial charge on any atom is 0.516 e. The Kier molecular flexibility index (Phi) is 8.64. The molecule has 3 atom stereocenters. The minimum absolute atomic E-state index is 0.0682. The van der Waals surface area contributed by atoms with Gasteiger partial charge in [-0.15, -0.1) is 0 Å². The zero-order chi connectivity index (χ0) is 22.1. The summed E-state index contributed by atoms with van der Waals surface area (Å²) >= 11 is 0. The van der Waals surface area contributed by atoms with E-state index in [1.54, 1.807) is 24.5 Å². The lowest BCUT2D eigenvalue weighted by molar-refractivity contribution is 0.0562. The van der Waals surface area contributed by atoms with Crippen LogP contribution in [0.15, 0.2) is 36.7 Å². The van der Waals surface area contributed by atoms with Gasteiger partial charge in [-0.05, 0) is 37.0 Å². The number of epoxide rings is 1. The van der Waals surface area contributed by atoms with Crippen LogP contribution in [0.1, 0.15) is 59.3 Å². The van der Waals surface area contributed by atoms with Crippen LogP contribution in [0.5, 0.6) is 11.8 Å². The molecule has 2 aromatic rings. The van der Waals surface area contributed by atoms with Crippen molar-refractivity contribution in [1.29, 1.82) is 0 Å². The smallest absolute Gasteiger partial charge is 0.463 e. The molecule has 0 aliphatic carbocycles. The third-order valence-corrected chi connectivity index (χ3v) is 5.40. The van der Waals surface area contributed by atoms with E-state index in [9.17, 15) is 4.79 Å². The molecule has 1 aromatic heterocycles. The van der Waals surface area contributed by atoms with Crippen LogP contribution in [0.3, 0.4) is 0 Å². The quantitative estimate of drug-likeness (QED) is 0.183. The van der Waals surface area contributed by atoms with E-state index in [2.05, 4.69) is 23.8 Å². The Morgan fingerprint density at radius 2 is 1.74 bits per heavy atom. The van der Waals surface area contributed by atoms with Gasteiger partial charge < -0.3 is 18.9 Å². The summed E-state index contributed by atoms with van der Waals surface area (Å²) in [5, 5.41) is 0. The van der Waals surface area contributed by atoms with Crippen LogP contribution in [0.4, 0.5) is 4.79 Å². The van der Waals surface area contributed by atoms with Crippen molar-refractivity contribution >= 4 is 6.16 Å². The maximum absolute atomic E-state index is 11.6. The fourth-order valence-corrected chi connectivity index (χ4v) is 3.08. The van der Waals surface area contributed by atoms with Gasteiger partial charge in [-0.25, -0.2) is 14.8 Å². The van der Waals surface area contributed by atoms with Gasteiger partial charge in [-0.3, -0.25) is 0 Å². The maximum atomic E-state index is 11.6. The summed E-state index contributed by atoms with van der Waals surface area (Å²) in [7, 11) is 0. The molecule has 3 rings (SSSR count). The molecule has 7 heteroatoms. The molecule has 2 heterocycles. The number of unbranched alkanes of at least 4 members (excludes halogenated alkanes) is 3. The Balaban J connectivity index is 1.37. The molecule has 0 bridgehead atoms. The van der Waals surface area contributed by atoms with E-state index in [0.717, 1.165) is 23.5 Å². The molecule has 0 saturated carbocycles. The zero-order valence-corrected chi connectivity index (χ0v) is 18.6. The van der Waals surface area contributed by atoms with E-state index in [1.165, 1.54) is 32.1 Å². The van der Waals surface area contributed by atoms with Crippen molar-refractivity contribution in [2.75, 3.05) is 6.61 Å². The van der Waals surface area contributed by atoms with Crippen LogP contribution >= 0.6 is 0 Å². The third kappa shape index (κ3) is 7.83. The summed E-state index contributed by atoms with van der Waals surface area (Å²) in [5.41, 5.74) is 1.76. The van der Waals surface area contributed by atoms with Gasteiger partial charge in [0.1, 0.15) is 11.9 Å². The summed E-state index contributed by atoms with van der Waals surface area (Å²) in [6.45, 7) is 7.02. The lowest BCUT2D eigenvalue weighted by Gasteiger charge is -2.08. The first-order valence-electron chi connectivity index (χ1n) is 11.1. The molecule has 0 spiro atoms. The predicted octanol–water partition coefficient (Wildman–Crippen LogP) is 5.78. The average molecular weight is 429 g/mol. The predicted molar refractivity (Wildman–Crippen MR) is 117 cm³/mol. The highest BCUT2D eigenvalue weighted by molar-refractivity contribution is 5.66. The van der Waals surface area contributed by atoms with Crippen molar-refractivity contribution in [3.63, 3.8) is 0 Å². The van der Waals surface area contributed by atoms with E-state index >= 15 is 0 Å². The molecule has 1 saturated heterocycles. The molecule has 1 aliphatic rings.